The molecule has 1 atom stereocenters. The number of esters is 3. The van der Waals surface area contributed by atoms with Crippen LogP contribution in [0.4, 0.5) is 11.4 Å². The van der Waals surface area contributed by atoms with Crippen molar-refractivity contribution in [2.24, 2.45) is 16.1 Å². The first-order valence-electron chi connectivity index (χ1n) is 16.9. The average Bonchev–Trinajstić information content (AvgIpc) is 3.13. The van der Waals surface area contributed by atoms with Gasteiger partial charge in [-0.05, 0) is 129 Å². The highest BCUT2D eigenvalue weighted by molar-refractivity contribution is 5.92. The molecule has 0 saturated carbocycles. The van der Waals surface area contributed by atoms with Gasteiger partial charge in [0.2, 0.25) is 0 Å². The quantitative estimate of drug-likeness (QED) is 0.0450. The second-order valence-corrected chi connectivity index (χ2v) is 11.7. The van der Waals surface area contributed by atoms with Crippen LogP contribution in [0.15, 0.2) is 107 Å². The number of benzene rings is 4. The Morgan fingerprint density at radius 1 is 0.592 bits per heavy atom. The van der Waals surface area contributed by atoms with Crippen LogP contribution in [-0.2, 0) is 16.0 Å². The number of carbonyl (C=O) groups is 3. The zero-order valence-electron chi connectivity index (χ0n) is 28.4. The summed E-state index contributed by atoms with van der Waals surface area (Å²) in [6, 6.07) is 27.6. The van der Waals surface area contributed by atoms with Crippen LogP contribution in [0, 0.1) is 5.92 Å². The number of unbranched alkanes of at least 4 members (excludes halogenated alkanes) is 3. The van der Waals surface area contributed by atoms with Crippen molar-refractivity contribution in [2.45, 2.75) is 65.7 Å². The summed E-state index contributed by atoms with van der Waals surface area (Å²) in [6.07, 6.45) is 6.56. The Labute approximate surface area is 288 Å². The molecule has 0 saturated heterocycles. The minimum Gasteiger partial charge on any atom is -0.494 e. The summed E-state index contributed by atoms with van der Waals surface area (Å²) in [5.41, 5.74) is 3.34. The lowest BCUT2D eigenvalue weighted by molar-refractivity contribution is -0.148. The predicted octanol–water partition coefficient (Wildman–Crippen LogP) is 10.0. The molecule has 4 rings (SSSR count). The molecule has 1 unspecified atom stereocenters. The third-order valence-corrected chi connectivity index (χ3v) is 7.76. The van der Waals surface area contributed by atoms with Crippen molar-refractivity contribution < 1.29 is 33.3 Å². The first-order chi connectivity index (χ1) is 23.8. The molecule has 9 heteroatoms. The number of hydrogen-bond acceptors (Lipinski definition) is 9. The summed E-state index contributed by atoms with van der Waals surface area (Å²) in [6.45, 7) is 7.01. The summed E-state index contributed by atoms with van der Waals surface area (Å²) in [7, 11) is 0. The Hall–Kier alpha value is -5.31. The van der Waals surface area contributed by atoms with Gasteiger partial charge >= 0.3 is 17.9 Å². The predicted molar refractivity (Wildman–Crippen MR) is 188 cm³/mol. The Morgan fingerprint density at radius 2 is 1.06 bits per heavy atom. The lowest BCUT2D eigenvalue weighted by atomic mass is 10.1. The van der Waals surface area contributed by atoms with Gasteiger partial charge in [-0.2, -0.15) is 10.2 Å². The summed E-state index contributed by atoms with van der Waals surface area (Å²) >= 11 is 0. The molecular weight excluding hydrogens is 620 g/mol. The maximum atomic E-state index is 12.7. The second kappa shape index (κ2) is 19.5. The monoisotopic (exact) mass is 664 g/mol. The Morgan fingerprint density at radius 3 is 1.57 bits per heavy atom. The Kier molecular flexibility index (Phi) is 14.5. The highest BCUT2D eigenvalue weighted by Crippen LogP contribution is 2.23. The molecule has 0 heterocycles. The van der Waals surface area contributed by atoms with Gasteiger partial charge in [0.05, 0.1) is 41.6 Å². The van der Waals surface area contributed by atoms with Crippen molar-refractivity contribution in [2.75, 3.05) is 13.2 Å². The number of carbonyl (C=O) groups excluding carboxylic acids is 3. The highest BCUT2D eigenvalue weighted by Gasteiger charge is 2.13. The summed E-state index contributed by atoms with van der Waals surface area (Å²) in [5, 5.41) is 8.52. The summed E-state index contributed by atoms with van der Waals surface area (Å²) in [5.74, 6) is 0.0796. The normalized spacial score (nSPS) is 11.6. The van der Waals surface area contributed by atoms with Crippen LogP contribution in [0.1, 0.15) is 85.6 Å². The first-order valence-corrected chi connectivity index (χ1v) is 16.9. The van der Waals surface area contributed by atoms with E-state index in [-0.39, 0.29) is 11.9 Å². The van der Waals surface area contributed by atoms with E-state index in [1.54, 1.807) is 60.7 Å². The van der Waals surface area contributed by atoms with Gasteiger partial charge in [-0.25, -0.2) is 9.59 Å². The van der Waals surface area contributed by atoms with Gasteiger partial charge < -0.3 is 18.9 Å². The fraction of sp³-hybridized carbons (Fsp3) is 0.325. The van der Waals surface area contributed by atoms with Crippen LogP contribution < -0.4 is 14.2 Å². The molecule has 0 spiro atoms. The van der Waals surface area contributed by atoms with E-state index in [4.69, 9.17) is 18.9 Å². The van der Waals surface area contributed by atoms with Crippen molar-refractivity contribution >= 4 is 29.3 Å². The van der Waals surface area contributed by atoms with Crippen LogP contribution in [0.3, 0.4) is 0 Å². The smallest absolute Gasteiger partial charge is 0.343 e. The molecule has 0 bridgehead atoms. The van der Waals surface area contributed by atoms with Crippen molar-refractivity contribution in [3.63, 3.8) is 0 Å². The van der Waals surface area contributed by atoms with Crippen LogP contribution in [0.25, 0.3) is 0 Å². The molecule has 0 aliphatic carbocycles. The van der Waals surface area contributed by atoms with Crippen molar-refractivity contribution in [3.8, 4) is 17.2 Å². The van der Waals surface area contributed by atoms with Gasteiger partial charge in [-0.15, -0.1) is 0 Å². The molecule has 0 N–H and O–H groups in total. The van der Waals surface area contributed by atoms with Crippen LogP contribution in [0.5, 0.6) is 17.2 Å². The lowest BCUT2D eigenvalue weighted by Crippen LogP contribution is -2.14. The van der Waals surface area contributed by atoms with Crippen molar-refractivity contribution in [1.82, 2.24) is 0 Å². The zero-order valence-corrected chi connectivity index (χ0v) is 28.4. The van der Waals surface area contributed by atoms with Gasteiger partial charge in [-0.1, -0.05) is 39.3 Å². The van der Waals surface area contributed by atoms with Crippen LogP contribution >= 0.6 is 0 Å². The molecule has 0 aromatic heterocycles. The molecule has 49 heavy (non-hydrogen) atoms. The Bertz CT molecular complexity index is 1650. The van der Waals surface area contributed by atoms with E-state index in [1.807, 2.05) is 26.0 Å². The molecule has 0 aliphatic heterocycles. The molecule has 4 aromatic carbocycles. The molecule has 4 aromatic rings. The van der Waals surface area contributed by atoms with Gasteiger partial charge in [-0.3, -0.25) is 4.79 Å². The van der Waals surface area contributed by atoms with Gasteiger partial charge in [0, 0.05) is 0 Å². The van der Waals surface area contributed by atoms with Crippen LogP contribution in [0.2, 0.25) is 0 Å². The fourth-order valence-corrected chi connectivity index (χ4v) is 4.62. The maximum Gasteiger partial charge on any atom is 0.343 e. The molecule has 0 radical (unpaired) electrons. The number of nitrogens with zero attached hydrogens (tertiary/aromatic N) is 2. The highest BCUT2D eigenvalue weighted by atomic mass is 16.5. The minimum absolute atomic E-state index is 0.0491. The average molecular weight is 665 g/mol. The molecule has 0 aliphatic rings. The van der Waals surface area contributed by atoms with Crippen molar-refractivity contribution in [1.29, 1.82) is 0 Å². The molecule has 256 valence electrons. The van der Waals surface area contributed by atoms with E-state index >= 15 is 0 Å². The number of hydrogen-bond donors (Lipinski definition) is 0. The lowest BCUT2D eigenvalue weighted by Gasteiger charge is -2.09. The van der Waals surface area contributed by atoms with E-state index in [1.165, 1.54) is 17.7 Å². The van der Waals surface area contributed by atoms with Gasteiger partial charge in [0.1, 0.15) is 17.2 Å². The number of ether oxygens (including phenoxy) is 4. The Balaban J connectivity index is 1.15. The van der Waals surface area contributed by atoms with Crippen molar-refractivity contribution in [3.05, 3.63) is 114 Å². The van der Waals surface area contributed by atoms with E-state index in [2.05, 4.69) is 29.3 Å². The standard InChI is InChI=1S/C40H44N2O7/c1-4-10-30-11-17-33(18-12-30)41-42-34-19-25-37(26-20-34)49-40(45)32-15-23-36(24-16-32)48-39(44)31-13-21-35(22-14-31)46-27-8-6-7-9-28-47-38(43)29(3)5-2/h11-26,29H,4-10,27-28H2,1-3H3. The van der Waals surface area contributed by atoms with E-state index in [0.29, 0.717) is 47.3 Å². The van der Waals surface area contributed by atoms with E-state index < -0.39 is 11.9 Å². The van der Waals surface area contributed by atoms with Crippen LogP contribution in [-0.4, -0.2) is 31.1 Å². The minimum atomic E-state index is -0.544. The number of aryl methyl sites for hydroxylation is 1. The maximum absolute atomic E-state index is 12.7. The largest absolute Gasteiger partial charge is 0.494 e. The van der Waals surface area contributed by atoms with Gasteiger partial charge in [0.15, 0.2) is 0 Å². The first kappa shape index (κ1) is 36.5. The third kappa shape index (κ3) is 12.3. The summed E-state index contributed by atoms with van der Waals surface area (Å²) < 4.78 is 22.0. The summed E-state index contributed by atoms with van der Waals surface area (Å²) in [4.78, 5) is 37.0. The van der Waals surface area contributed by atoms with E-state index in [0.717, 1.165) is 50.6 Å². The molecule has 9 nitrogen and oxygen atoms in total. The SMILES string of the molecule is CCCc1ccc(N=Nc2ccc(OC(=O)c3ccc(OC(=O)c4ccc(OCCCCCCOC(=O)C(C)CC)cc4)cc3)cc2)cc1. The second-order valence-electron chi connectivity index (χ2n) is 11.7. The third-order valence-electron chi connectivity index (χ3n) is 7.76. The molecular formula is C40H44N2O7. The number of azo groups is 1. The molecule has 0 fully saturated rings. The molecule has 0 amide bonds. The zero-order chi connectivity index (χ0) is 34.8. The van der Waals surface area contributed by atoms with E-state index in [9.17, 15) is 14.4 Å². The fourth-order valence-electron chi connectivity index (χ4n) is 4.62. The topological polar surface area (TPSA) is 113 Å². The van der Waals surface area contributed by atoms with Gasteiger partial charge in [0.25, 0.3) is 0 Å². The number of rotatable bonds is 18.